The monoisotopic (exact) mass is 593 g/mol. The average molecular weight is 594 g/mol. The maximum absolute atomic E-state index is 13.6. The molecule has 1 heterocycles. The van der Waals surface area contributed by atoms with Gasteiger partial charge in [0.1, 0.15) is 5.82 Å². The number of carbonyl (C=O) groups is 1. The zero-order valence-electron chi connectivity index (χ0n) is 21.2. The molecule has 1 aromatic heterocycles. The summed E-state index contributed by atoms with van der Waals surface area (Å²) in [7, 11) is -0.847. The van der Waals surface area contributed by atoms with Crippen LogP contribution in [0.2, 0.25) is 0 Å². The Balaban J connectivity index is 1.54. The molecule has 40 heavy (non-hydrogen) atoms. The summed E-state index contributed by atoms with van der Waals surface area (Å²) in [6, 6.07) is 15.8. The van der Waals surface area contributed by atoms with Crippen molar-refractivity contribution < 1.29 is 30.8 Å². The summed E-state index contributed by atoms with van der Waals surface area (Å²) in [5.41, 5.74) is 0.356. The van der Waals surface area contributed by atoms with Crippen molar-refractivity contribution in [2.45, 2.75) is 28.5 Å². The Labute approximate surface area is 232 Å². The smallest absolute Gasteiger partial charge is 0.345 e. The van der Waals surface area contributed by atoms with E-state index in [1.165, 1.54) is 68.7 Å². The Bertz CT molecular complexity index is 1600. The molecular formula is C26H23F4N5O3S2. The highest BCUT2D eigenvalue weighted by molar-refractivity contribution is 7.98. The molecule has 0 bridgehead atoms. The first-order valence-electron chi connectivity index (χ1n) is 11.7. The van der Waals surface area contributed by atoms with Gasteiger partial charge in [-0.1, -0.05) is 30.0 Å². The largest absolute Gasteiger partial charge is 0.416 e. The number of sulfonamides is 1. The molecule has 0 saturated heterocycles. The van der Waals surface area contributed by atoms with Gasteiger partial charge in [-0.15, -0.1) is 10.2 Å². The molecule has 0 unspecified atom stereocenters. The Morgan fingerprint density at radius 2 is 1.68 bits per heavy atom. The van der Waals surface area contributed by atoms with Gasteiger partial charge in [0.05, 0.1) is 17.0 Å². The van der Waals surface area contributed by atoms with E-state index in [1.807, 2.05) is 0 Å². The minimum Gasteiger partial charge on any atom is -0.345 e. The second-order valence-corrected chi connectivity index (χ2v) is 11.8. The lowest BCUT2D eigenvalue weighted by molar-refractivity contribution is -0.137. The predicted octanol–water partition coefficient (Wildman–Crippen LogP) is 4.90. The molecule has 0 aliphatic heterocycles. The lowest BCUT2D eigenvalue weighted by Gasteiger charge is -2.13. The molecule has 8 nitrogen and oxygen atoms in total. The SMILES string of the molecule is CN(C)S(=O)(=O)c1ccc(C(=O)NCc2nnc(SCc3cccc(C(F)(F)F)c3)n2-c2ccc(F)cc2)cc1. The van der Waals surface area contributed by atoms with Crippen molar-refractivity contribution in [3.8, 4) is 5.69 Å². The van der Waals surface area contributed by atoms with E-state index in [4.69, 9.17) is 0 Å². The molecule has 0 aliphatic carbocycles. The topological polar surface area (TPSA) is 97.2 Å². The van der Waals surface area contributed by atoms with Crippen molar-refractivity contribution in [2.24, 2.45) is 0 Å². The van der Waals surface area contributed by atoms with Crippen molar-refractivity contribution in [2.75, 3.05) is 14.1 Å². The maximum Gasteiger partial charge on any atom is 0.416 e. The molecule has 1 N–H and O–H groups in total. The minimum atomic E-state index is -4.47. The van der Waals surface area contributed by atoms with Crippen LogP contribution in [0.1, 0.15) is 27.3 Å². The van der Waals surface area contributed by atoms with E-state index < -0.39 is 33.5 Å². The van der Waals surface area contributed by atoms with Gasteiger partial charge < -0.3 is 5.32 Å². The van der Waals surface area contributed by atoms with E-state index in [0.29, 0.717) is 22.2 Å². The second-order valence-electron chi connectivity index (χ2n) is 8.69. The van der Waals surface area contributed by atoms with Crippen LogP contribution >= 0.6 is 11.8 Å². The molecule has 4 rings (SSSR count). The number of hydrogen-bond acceptors (Lipinski definition) is 6. The standard InChI is InChI=1S/C26H23F4N5O3S2/c1-34(2)40(37,38)22-12-6-18(7-13-22)24(36)31-15-23-32-33-25(35(23)21-10-8-20(27)9-11-21)39-16-17-4-3-5-19(14-17)26(28,29)30/h3-14H,15-16H2,1-2H3,(H,31,36). The van der Waals surface area contributed by atoms with Crippen LogP contribution < -0.4 is 5.32 Å². The molecule has 14 heteroatoms. The highest BCUT2D eigenvalue weighted by Crippen LogP contribution is 2.31. The fraction of sp³-hybridized carbons (Fsp3) is 0.192. The van der Waals surface area contributed by atoms with Gasteiger partial charge in [-0.25, -0.2) is 17.1 Å². The van der Waals surface area contributed by atoms with Crippen molar-refractivity contribution in [1.29, 1.82) is 0 Å². The van der Waals surface area contributed by atoms with Gasteiger partial charge in [-0.05, 0) is 60.2 Å². The molecule has 0 spiro atoms. The van der Waals surface area contributed by atoms with Crippen LogP contribution in [0.25, 0.3) is 5.69 Å². The molecule has 210 valence electrons. The van der Waals surface area contributed by atoms with Crippen molar-refractivity contribution in [3.05, 3.63) is 101 Å². The number of carbonyl (C=O) groups excluding carboxylic acids is 1. The summed E-state index contributed by atoms with van der Waals surface area (Å²) in [5.74, 6) is -0.527. The Kier molecular flexibility index (Phi) is 8.61. The number of thioether (sulfide) groups is 1. The first-order valence-corrected chi connectivity index (χ1v) is 14.1. The van der Waals surface area contributed by atoms with Gasteiger partial charge in [-0.3, -0.25) is 9.36 Å². The number of nitrogens with zero attached hydrogens (tertiary/aromatic N) is 4. The highest BCUT2D eigenvalue weighted by Gasteiger charge is 2.30. The summed E-state index contributed by atoms with van der Waals surface area (Å²) >= 11 is 1.13. The second kappa shape index (κ2) is 11.8. The summed E-state index contributed by atoms with van der Waals surface area (Å²) in [4.78, 5) is 12.8. The molecule has 4 aromatic rings. The third kappa shape index (κ3) is 6.69. The van der Waals surface area contributed by atoms with E-state index in [0.717, 1.165) is 28.2 Å². The number of rotatable bonds is 9. The Morgan fingerprint density at radius 1 is 1.00 bits per heavy atom. The number of nitrogens with one attached hydrogen (secondary N) is 1. The third-order valence-electron chi connectivity index (χ3n) is 5.71. The van der Waals surface area contributed by atoms with E-state index in [2.05, 4.69) is 15.5 Å². The van der Waals surface area contributed by atoms with Gasteiger partial charge in [-0.2, -0.15) is 13.2 Å². The molecule has 1 amide bonds. The summed E-state index contributed by atoms with van der Waals surface area (Å²) < 4.78 is 80.0. The van der Waals surface area contributed by atoms with Crippen LogP contribution in [0, 0.1) is 5.82 Å². The number of hydrogen-bond donors (Lipinski definition) is 1. The van der Waals surface area contributed by atoms with Crippen LogP contribution in [0.3, 0.4) is 0 Å². The normalized spacial score (nSPS) is 12.1. The van der Waals surface area contributed by atoms with Crippen LogP contribution in [0.4, 0.5) is 17.6 Å². The predicted molar refractivity (Wildman–Crippen MR) is 141 cm³/mol. The fourth-order valence-electron chi connectivity index (χ4n) is 3.59. The Morgan fingerprint density at radius 3 is 2.30 bits per heavy atom. The van der Waals surface area contributed by atoms with Crippen LogP contribution in [-0.4, -0.2) is 47.5 Å². The van der Waals surface area contributed by atoms with Gasteiger partial charge in [0.25, 0.3) is 5.91 Å². The molecule has 0 fully saturated rings. The number of aromatic nitrogens is 3. The molecule has 0 atom stereocenters. The zero-order valence-corrected chi connectivity index (χ0v) is 22.8. The number of alkyl halides is 3. The van der Waals surface area contributed by atoms with E-state index in [-0.39, 0.29) is 22.8 Å². The van der Waals surface area contributed by atoms with Crippen molar-refractivity contribution in [1.82, 2.24) is 24.4 Å². The van der Waals surface area contributed by atoms with Gasteiger partial charge in [0, 0.05) is 31.1 Å². The lowest BCUT2D eigenvalue weighted by atomic mass is 10.1. The molecule has 0 aliphatic rings. The fourth-order valence-corrected chi connectivity index (χ4v) is 5.41. The summed E-state index contributed by atoms with van der Waals surface area (Å²) in [5, 5.41) is 11.3. The van der Waals surface area contributed by atoms with Crippen LogP contribution in [0.15, 0.2) is 82.8 Å². The maximum atomic E-state index is 13.6. The van der Waals surface area contributed by atoms with Crippen LogP contribution in [0.5, 0.6) is 0 Å². The average Bonchev–Trinajstić information content (AvgIpc) is 3.33. The molecule has 0 saturated carbocycles. The van der Waals surface area contributed by atoms with Gasteiger partial charge in [0.2, 0.25) is 10.0 Å². The zero-order chi connectivity index (χ0) is 29.1. The summed E-state index contributed by atoms with van der Waals surface area (Å²) in [6.45, 7) is -0.0922. The Hall–Kier alpha value is -3.75. The number of benzene rings is 3. The third-order valence-corrected chi connectivity index (χ3v) is 8.54. The minimum absolute atomic E-state index is 0.0348. The van der Waals surface area contributed by atoms with Gasteiger partial charge >= 0.3 is 6.18 Å². The van der Waals surface area contributed by atoms with Gasteiger partial charge in [0.15, 0.2) is 11.0 Å². The van der Waals surface area contributed by atoms with Crippen molar-refractivity contribution >= 4 is 27.7 Å². The van der Waals surface area contributed by atoms with Crippen molar-refractivity contribution in [3.63, 3.8) is 0 Å². The van der Waals surface area contributed by atoms with E-state index in [9.17, 15) is 30.8 Å². The van der Waals surface area contributed by atoms with Crippen LogP contribution in [-0.2, 0) is 28.5 Å². The lowest BCUT2D eigenvalue weighted by Crippen LogP contribution is -2.25. The molecule has 3 aromatic carbocycles. The first kappa shape index (κ1) is 29.2. The quantitative estimate of drug-likeness (QED) is 0.219. The molecular weight excluding hydrogens is 570 g/mol. The summed E-state index contributed by atoms with van der Waals surface area (Å²) in [6.07, 6.45) is -4.47. The number of amides is 1. The highest BCUT2D eigenvalue weighted by atomic mass is 32.2. The number of halogens is 4. The van der Waals surface area contributed by atoms with E-state index >= 15 is 0 Å². The van der Waals surface area contributed by atoms with E-state index in [1.54, 1.807) is 10.6 Å². The molecule has 0 radical (unpaired) electrons. The first-order chi connectivity index (χ1) is 18.9.